The van der Waals surface area contributed by atoms with Gasteiger partial charge in [-0.15, -0.1) is 0 Å². The second-order valence-corrected chi connectivity index (χ2v) is 8.82. The first kappa shape index (κ1) is 23.7. The van der Waals surface area contributed by atoms with E-state index in [1.807, 2.05) is 12.1 Å². The monoisotopic (exact) mass is 463 g/mol. The molecule has 0 unspecified atom stereocenters. The molecule has 6 nitrogen and oxygen atoms in total. The van der Waals surface area contributed by atoms with Crippen molar-refractivity contribution in [3.05, 3.63) is 94.7 Å². The molecule has 0 spiro atoms. The van der Waals surface area contributed by atoms with E-state index in [9.17, 15) is 14.0 Å². The van der Waals surface area contributed by atoms with Crippen molar-refractivity contribution in [2.45, 2.75) is 33.5 Å². The fraction of sp³-hybridized carbons (Fsp3) is 0.333. The summed E-state index contributed by atoms with van der Waals surface area (Å²) in [6.45, 7) is 7.34. The third kappa shape index (κ3) is 6.11. The summed E-state index contributed by atoms with van der Waals surface area (Å²) in [4.78, 5) is 30.1. The zero-order valence-corrected chi connectivity index (χ0v) is 19.7. The van der Waals surface area contributed by atoms with E-state index < -0.39 is 0 Å². The van der Waals surface area contributed by atoms with Gasteiger partial charge in [-0.25, -0.2) is 4.39 Å². The Morgan fingerprint density at radius 3 is 2.24 bits per heavy atom. The summed E-state index contributed by atoms with van der Waals surface area (Å²) in [6.07, 6.45) is 0. The Balaban J connectivity index is 1.45. The van der Waals surface area contributed by atoms with E-state index in [1.54, 1.807) is 34.9 Å². The van der Waals surface area contributed by atoms with Crippen LogP contribution in [0.15, 0.2) is 65.1 Å². The van der Waals surface area contributed by atoms with Crippen LogP contribution >= 0.6 is 0 Å². The van der Waals surface area contributed by atoms with Crippen molar-refractivity contribution in [2.24, 2.45) is 0 Å². The van der Waals surface area contributed by atoms with Crippen LogP contribution in [0.4, 0.5) is 4.39 Å². The molecule has 2 aromatic carbocycles. The topological polar surface area (TPSA) is 57.0 Å². The van der Waals surface area contributed by atoms with Gasteiger partial charge in [-0.05, 0) is 42.3 Å². The lowest BCUT2D eigenvalue weighted by Crippen LogP contribution is -2.50. The predicted molar refractivity (Wildman–Crippen MR) is 127 cm³/mol. The highest BCUT2D eigenvalue weighted by atomic mass is 19.1. The summed E-state index contributed by atoms with van der Waals surface area (Å²) < 4.78 is 19.7. The van der Waals surface area contributed by atoms with Gasteiger partial charge in [-0.1, -0.05) is 42.0 Å². The number of hydrogen-bond donors (Lipinski definition) is 0. The molecule has 0 atom stereocenters. The maximum absolute atomic E-state index is 13.8. The maximum Gasteiger partial charge on any atom is 0.289 e. The molecule has 0 N–H and O–H groups in total. The van der Waals surface area contributed by atoms with Gasteiger partial charge in [0.25, 0.3) is 5.91 Å². The second kappa shape index (κ2) is 10.7. The molecule has 1 aromatic heterocycles. The average Bonchev–Trinajstić information content (AvgIpc) is 3.28. The van der Waals surface area contributed by atoms with E-state index in [1.165, 1.54) is 11.6 Å². The summed E-state index contributed by atoms with van der Waals surface area (Å²) in [5, 5.41) is 0. The number of aryl methyl sites for hydroxylation is 1. The number of furan rings is 1. The van der Waals surface area contributed by atoms with Crippen molar-refractivity contribution in [2.75, 3.05) is 26.2 Å². The van der Waals surface area contributed by atoms with Crippen LogP contribution in [0.25, 0.3) is 0 Å². The van der Waals surface area contributed by atoms with Gasteiger partial charge in [-0.3, -0.25) is 14.5 Å². The summed E-state index contributed by atoms with van der Waals surface area (Å²) in [5.41, 5.74) is 3.21. The quantitative estimate of drug-likeness (QED) is 0.526. The minimum absolute atomic E-state index is 0.0272. The van der Waals surface area contributed by atoms with E-state index in [-0.39, 0.29) is 17.6 Å². The molecule has 2 heterocycles. The van der Waals surface area contributed by atoms with Crippen molar-refractivity contribution >= 4 is 11.8 Å². The number of piperazine rings is 1. The molecule has 0 saturated carbocycles. The molecule has 34 heavy (non-hydrogen) atoms. The zero-order chi connectivity index (χ0) is 24.1. The second-order valence-electron chi connectivity index (χ2n) is 8.82. The molecule has 1 saturated heterocycles. The van der Waals surface area contributed by atoms with Gasteiger partial charge in [0, 0.05) is 46.2 Å². The number of rotatable bonds is 7. The molecular weight excluding hydrogens is 433 g/mol. The fourth-order valence-corrected chi connectivity index (χ4v) is 4.19. The minimum Gasteiger partial charge on any atom is -0.455 e. The summed E-state index contributed by atoms with van der Waals surface area (Å²) >= 11 is 0. The zero-order valence-electron chi connectivity index (χ0n) is 19.7. The standard InChI is InChI=1S/C27H30FN3O3/c1-20-6-8-22(9-7-20)17-29(18-23-4-3-5-24(28)16-23)19-25-10-11-26(34-25)27(33)31-14-12-30(13-15-31)21(2)32/h3-11,16H,12-15,17-19H2,1-2H3. The van der Waals surface area contributed by atoms with Gasteiger partial charge in [0.05, 0.1) is 6.54 Å². The first-order valence-electron chi connectivity index (χ1n) is 11.5. The highest BCUT2D eigenvalue weighted by Gasteiger charge is 2.25. The van der Waals surface area contributed by atoms with Crippen molar-refractivity contribution in [3.8, 4) is 0 Å². The number of benzene rings is 2. The molecule has 1 aliphatic rings. The molecule has 4 rings (SSSR count). The van der Waals surface area contributed by atoms with E-state index >= 15 is 0 Å². The number of carbonyl (C=O) groups is 2. The van der Waals surface area contributed by atoms with Crippen LogP contribution in [0.1, 0.15) is 39.9 Å². The van der Waals surface area contributed by atoms with E-state index in [4.69, 9.17) is 4.42 Å². The normalized spacial score (nSPS) is 14.0. The average molecular weight is 464 g/mol. The first-order chi connectivity index (χ1) is 16.4. The largest absolute Gasteiger partial charge is 0.455 e. The van der Waals surface area contributed by atoms with Crippen molar-refractivity contribution < 1.29 is 18.4 Å². The molecule has 2 amide bonds. The number of nitrogens with zero attached hydrogens (tertiary/aromatic N) is 3. The summed E-state index contributed by atoms with van der Waals surface area (Å²) in [5.74, 6) is 0.578. The smallest absolute Gasteiger partial charge is 0.289 e. The fourth-order valence-electron chi connectivity index (χ4n) is 4.19. The highest BCUT2D eigenvalue weighted by Crippen LogP contribution is 2.19. The van der Waals surface area contributed by atoms with Crippen LogP contribution in [0.3, 0.4) is 0 Å². The van der Waals surface area contributed by atoms with Gasteiger partial charge in [-0.2, -0.15) is 0 Å². The van der Waals surface area contributed by atoms with Crippen molar-refractivity contribution in [1.29, 1.82) is 0 Å². The summed E-state index contributed by atoms with van der Waals surface area (Å²) in [7, 11) is 0. The predicted octanol–water partition coefficient (Wildman–Crippen LogP) is 4.23. The minimum atomic E-state index is -0.261. The molecule has 1 fully saturated rings. The molecule has 0 aliphatic carbocycles. The van der Waals surface area contributed by atoms with Crippen molar-refractivity contribution in [1.82, 2.24) is 14.7 Å². The molecular formula is C27H30FN3O3. The lowest BCUT2D eigenvalue weighted by atomic mass is 10.1. The first-order valence-corrected chi connectivity index (χ1v) is 11.5. The molecule has 0 bridgehead atoms. The van der Waals surface area contributed by atoms with Crippen LogP contribution in [-0.2, 0) is 24.4 Å². The Bertz CT molecular complexity index is 1130. The van der Waals surface area contributed by atoms with E-state index in [0.717, 1.165) is 11.1 Å². The number of amides is 2. The molecule has 178 valence electrons. The van der Waals surface area contributed by atoms with Gasteiger partial charge in [0.2, 0.25) is 5.91 Å². The van der Waals surface area contributed by atoms with Gasteiger partial charge in [0.1, 0.15) is 11.6 Å². The lowest BCUT2D eigenvalue weighted by molar-refractivity contribution is -0.130. The highest BCUT2D eigenvalue weighted by molar-refractivity contribution is 5.91. The van der Waals surface area contributed by atoms with E-state index in [2.05, 4.69) is 36.1 Å². The van der Waals surface area contributed by atoms with Crippen molar-refractivity contribution in [3.63, 3.8) is 0 Å². The van der Waals surface area contributed by atoms with Crippen LogP contribution in [0, 0.1) is 12.7 Å². The number of carbonyl (C=O) groups excluding carboxylic acids is 2. The van der Waals surface area contributed by atoms with Crippen LogP contribution in [-0.4, -0.2) is 52.7 Å². The third-order valence-electron chi connectivity index (χ3n) is 6.09. The molecule has 3 aromatic rings. The van der Waals surface area contributed by atoms with Gasteiger partial charge >= 0.3 is 0 Å². The van der Waals surface area contributed by atoms with E-state index in [0.29, 0.717) is 57.3 Å². The Labute approximate surface area is 199 Å². The molecule has 7 heteroatoms. The van der Waals surface area contributed by atoms with Crippen LogP contribution in [0.5, 0.6) is 0 Å². The third-order valence-corrected chi connectivity index (χ3v) is 6.09. The van der Waals surface area contributed by atoms with Gasteiger partial charge in [0.15, 0.2) is 5.76 Å². The Morgan fingerprint density at radius 1 is 0.882 bits per heavy atom. The molecule has 1 aliphatic heterocycles. The van der Waals surface area contributed by atoms with Gasteiger partial charge < -0.3 is 14.2 Å². The Hall–Kier alpha value is -3.45. The Morgan fingerprint density at radius 2 is 1.56 bits per heavy atom. The lowest BCUT2D eigenvalue weighted by Gasteiger charge is -2.33. The maximum atomic E-state index is 13.8. The SMILES string of the molecule is CC(=O)N1CCN(C(=O)c2ccc(CN(Cc3ccc(C)cc3)Cc3cccc(F)c3)o2)CC1. The Kier molecular flexibility index (Phi) is 7.43. The number of hydrogen-bond acceptors (Lipinski definition) is 4. The molecule has 0 radical (unpaired) electrons. The van der Waals surface area contributed by atoms with Crippen LogP contribution in [0.2, 0.25) is 0 Å². The van der Waals surface area contributed by atoms with Crippen LogP contribution < -0.4 is 0 Å². The summed E-state index contributed by atoms with van der Waals surface area (Å²) in [6, 6.07) is 18.5. The number of halogens is 1.